The van der Waals surface area contributed by atoms with Gasteiger partial charge in [-0.05, 0) is 35.6 Å². The molecule has 1 aromatic heterocycles. The highest BCUT2D eigenvalue weighted by molar-refractivity contribution is 5.25. The van der Waals surface area contributed by atoms with E-state index in [0.29, 0.717) is 24.8 Å². The number of aromatic nitrogens is 1. The summed E-state index contributed by atoms with van der Waals surface area (Å²) in [7, 11) is 0. The van der Waals surface area contributed by atoms with E-state index in [0.717, 1.165) is 12.0 Å². The van der Waals surface area contributed by atoms with Crippen molar-refractivity contribution in [1.82, 2.24) is 4.57 Å². The van der Waals surface area contributed by atoms with Crippen LogP contribution < -0.4 is 10.3 Å². The summed E-state index contributed by atoms with van der Waals surface area (Å²) in [5, 5.41) is 0. The molecule has 0 radical (unpaired) electrons. The van der Waals surface area contributed by atoms with Gasteiger partial charge in [0.15, 0.2) is 5.75 Å². The van der Waals surface area contributed by atoms with Crippen LogP contribution in [0.2, 0.25) is 0 Å². The highest BCUT2D eigenvalue weighted by atomic mass is 16.5. The third-order valence-corrected chi connectivity index (χ3v) is 3.45. The average Bonchev–Trinajstić information content (AvgIpc) is 2.49. The fourth-order valence-electron chi connectivity index (χ4n) is 2.17. The van der Waals surface area contributed by atoms with Crippen molar-refractivity contribution in [3.05, 3.63) is 64.1 Å². The van der Waals surface area contributed by atoms with Gasteiger partial charge in [0.2, 0.25) is 0 Å². The Morgan fingerprint density at radius 2 is 1.86 bits per heavy atom. The number of hydrogen-bond acceptors (Lipinski definition) is 2. The Hall–Kier alpha value is -2.03. The molecule has 1 heterocycles. The molecule has 0 aliphatic heterocycles. The third-order valence-electron chi connectivity index (χ3n) is 3.45. The van der Waals surface area contributed by atoms with Crippen LogP contribution in [0.4, 0.5) is 0 Å². The molecule has 2 rings (SSSR count). The van der Waals surface area contributed by atoms with Crippen molar-refractivity contribution in [2.24, 2.45) is 0 Å². The van der Waals surface area contributed by atoms with Gasteiger partial charge >= 0.3 is 0 Å². The largest absolute Gasteiger partial charge is 0.488 e. The SMILES string of the molecule is CCCOc1cccn(Cc2ccc(C(C)C)cc2)c1=O. The molecule has 0 fully saturated rings. The van der Waals surface area contributed by atoms with Gasteiger partial charge in [0.1, 0.15) is 0 Å². The maximum absolute atomic E-state index is 12.3. The van der Waals surface area contributed by atoms with E-state index >= 15 is 0 Å². The number of pyridine rings is 1. The Bertz CT molecular complexity index is 626. The molecular weight excluding hydrogens is 262 g/mol. The Morgan fingerprint density at radius 1 is 1.14 bits per heavy atom. The molecule has 0 saturated carbocycles. The van der Waals surface area contributed by atoms with Gasteiger partial charge in [-0.15, -0.1) is 0 Å². The first-order chi connectivity index (χ1) is 10.1. The minimum absolute atomic E-state index is 0.0705. The van der Waals surface area contributed by atoms with Crippen LogP contribution in [0.5, 0.6) is 5.75 Å². The molecule has 0 N–H and O–H groups in total. The second kappa shape index (κ2) is 7.11. The number of rotatable bonds is 6. The molecule has 0 aliphatic rings. The summed E-state index contributed by atoms with van der Waals surface area (Å²) in [5.41, 5.74) is 2.36. The van der Waals surface area contributed by atoms with Crippen LogP contribution in [0.3, 0.4) is 0 Å². The van der Waals surface area contributed by atoms with Crippen molar-refractivity contribution < 1.29 is 4.74 Å². The highest BCUT2D eigenvalue weighted by Crippen LogP contribution is 2.15. The van der Waals surface area contributed by atoms with Gasteiger partial charge in [-0.3, -0.25) is 4.79 Å². The summed E-state index contributed by atoms with van der Waals surface area (Å²) in [4.78, 5) is 12.3. The molecule has 112 valence electrons. The fourth-order valence-corrected chi connectivity index (χ4v) is 2.17. The van der Waals surface area contributed by atoms with Crippen molar-refractivity contribution in [2.45, 2.75) is 39.7 Å². The summed E-state index contributed by atoms with van der Waals surface area (Å²) in [5.74, 6) is 0.950. The minimum Gasteiger partial charge on any atom is -0.488 e. The van der Waals surface area contributed by atoms with Gasteiger partial charge in [-0.25, -0.2) is 0 Å². The smallest absolute Gasteiger partial charge is 0.293 e. The second-order valence-electron chi connectivity index (χ2n) is 5.55. The topological polar surface area (TPSA) is 31.2 Å². The maximum atomic E-state index is 12.3. The van der Waals surface area contributed by atoms with Gasteiger partial charge in [0, 0.05) is 6.20 Å². The molecule has 2 aromatic rings. The van der Waals surface area contributed by atoms with Crippen LogP contribution in [0.25, 0.3) is 0 Å². The summed E-state index contributed by atoms with van der Waals surface area (Å²) < 4.78 is 7.17. The highest BCUT2D eigenvalue weighted by Gasteiger charge is 2.05. The number of hydrogen-bond donors (Lipinski definition) is 0. The molecule has 0 unspecified atom stereocenters. The first kappa shape index (κ1) is 15.4. The van der Waals surface area contributed by atoms with Crippen LogP contribution in [0, 0.1) is 0 Å². The van der Waals surface area contributed by atoms with Crippen molar-refractivity contribution in [2.75, 3.05) is 6.61 Å². The number of nitrogens with zero attached hydrogens (tertiary/aromatic N) is 1. The van der Waals surface area contributed by atoms with Gasteiger partial charge in [0.25, 0.3) is 5.56 Å². The lowest BCUT2D eigenvalue weighted by Gasteiger charge is -2.10. The van der Waals surface area contributed by atoms with Crippen molar-refractivity contribution >= 4 is 0 Å². The van der Waals surface area contributed by atoms with Crippen molar-refractivity contribution in [1.29, 1.82) is 0 Å². The zero-order chi connectivity index (χ0) is 15.2. The standard InChI is InChI=1S/C18H23NO2/c1-4-12-21-17-6-5-11-19(18(17)20)13-15-7-9-16(10-8-15)14(2)3/h5-11,14H,4,12-13H2,1-3H3. The summed E-state index contributed by atoms with van der Waals surface area (Å²) in [6.45, 7) is 7.52. The molecule has 3 heteroatoms. The van der Waals surface area contributed by atoms with Gasteiger partial charge in [-0.2, -0.15) is 0 Å². The van der Waals surface area contributed by atoms with Crippen LogP contribution >= 0.6 is 0 Å². The average molecular weight is 285 g/mol. The fraction of sp³-hybridized carbons (Fsp3) is 0.389. The van der Waals surface area contributed by atoms with E-state index in [9.17, 15) is 4.79 Å². The molecule has 21 heavy (non-hydrogen) atoms. The molecular formula is C18H23NO2. The normalized spacial score (nSPS) is 10.9. The molecule has 0 bridgehead atoms. The van der Waals surface area contributed by atoms with E-state index in [2.05, 4.69) is 38.1 Å². The zero-order valence-electron chi connectivity index (χ0n) is 13.0. The molecule has 3 nitrogen and oxygen atoms in total. The summed E-state index contributed by atoms with van der Waals surface area (Å²) in [6.07, 6.45) is 2.70. The van der Waals surface area contributed by atoms with Gasteiger partial charge < -0.3 is 9.30 Å². The van der Waals surface area contributed by atoms with Crippen molar-refractivity contribution in [3.8, 4) is 5.75 Å². The van der Waals surface area contributed by atoms with Crippen LogP contribution in [0.15, 0.2) is 47.4 Å². The molecule has 0 aliphatic carbocycles. The Labute approximate surface area is 126 Å². The van der Waals surface area contributed by atoms with Gasteiger partial charge in [-0.1, -0.05) is 45.0 Å². The first-order valence-electron chi connectivity index (χ1n) is 7.53. The van der Waals surface area contributed by atoms with Crippen molar-refractivity contribution in [3.63, 3.8) is 0 Å². The lowest BCUT2D eigenvalue weighted by Crippen LogP contribution is -2.22. The molecule has 0 saturated heterocycles. The third kappa shape index (κ3) is 3.97. The number of benzene rings is 1. The summed E-state index contributed by atoms with van der Waals surface area (Å²) >= 11 is 0. The lowest BCUT2D eigenvalue weighted by molar-refractivity contribution is 0.310. The summed E-state index contributed by atoms with van der Waals surface area (Å²) in [6, 6.07) is 12.0. The molecule has 0 atom stereocenters. The van der Waals surface area contributed by atoms with E-state index < -0.39 is 0 Å². The van der Waals surface area contributed by atoms with E-state index in [4.69, 9.17) is 4.74 Å². The Balaban J connectivity index is 2.17. The molecule has 1 aromatic carbocycles. The van der Waals surface area contributed by atoms with Crippen LogP contribution in [0.1, 0.15) is 44.2 Å². The lowest BCUT2D eigenvalue weighted by atomic mass is 10.0. The maximum Gasteiger partial charge on any atom is 0.293 e. The Kier molecular flexibility index (Phi) is 5.20. The van der Waals surface area contributed by atoms with Crippen LogP contribution in [-0.2, 0) is 6.54 Å². The monoisotopic (exact) mass is 285 g/mol. The van der Waals surface area contributed by atoms with Gasteiger partial charge in [0.05, 0.1) is 13.2 Å². The first-order valence-corrected chi connectivity index (χ1v) is 7.53. The Morgan fingerprint density at radius 3 is 2.48 bits per heavy atom. The van der Waals surface area contributed by atoms with E-state index in [1.54, 1.807) is 16.8 Å². The predicted octanol–water partition coefficient (Wildman–Crippen LogP) is 3.81. The number of ether oxygens (including phenoxy) is 1. The van der Waals surface area contributed by atoms with E-state index in [1.165, 1.54) is 5.56 Å². The van der Waals surface area contributed by atoms with E-state index in [1.807, 2.05) is 13.0 Å². The van der Waals surface area contributed by atoms with Crippen LogP contribution in [-0.4, -0.2) is 11.2 Å². The molecule has 0 amide bonds. The quantitative estimate of drug-likeness (QED) is 0.808. The van der Waals surface area contributed by atoms with E-state index in [-0.39, 0.29) is 5.56 Å². The predicted molar refractivity (Wildman–Crippen MR) is 86.1 cm³/mol. The second-order valence-corrected chi connectivity index (χ2v) is 5.55. The molecule has 0 spiro atoms. The minimum atomic E-state index is -0.0705. The zero-order valence-corrected chi connectivity index (χ0v) is 13.0.